The first-order valence-corrected chi connectivity index (χ1v) is 7.77. The lowest BCUT2D eigenvalue weighted by atomic mass is 9.74. The molecular formula is C16H28O2. The van der Waals surface area contributed by atoms with Crippen LogP contribution in [0.5, 0.6) is 0 Å². The first kappa shape index (κ1) is 14.0. The van der Waals surface area contributed by atoms with Crippen molar-refractivity contribution in [3.8, 4) is 0 Å². The first-order chi connectivity index (χ1) is 8.66. The molecular weight excluding hydrogens is 224 g/mol. The van der Waals surface area contributed by atoms with Crippen molar-refractivity contribution in [3.05, 3.63) is 0 Å². The molecule has 0 bridgehead atoms. The maximum Gasteiger partial charge on any atom is 0.136 e. The number of carbonyl (C=O) groups is 1. The van der Waals surface area contributed by atoms with Crippen molar-refractivity contribution >= 4 is 5.78 Å². The lowest BCUT2D eigenvalue weighted by Gasteiger charge is -2.31. The second-order valence-corrected chi connectivity index (χ2v) is 6.58. The quantitative estimate of drug-likeness (QED) is 0.760. The molecule has 1 saturated heterocycles. The minimum Gasteiger partial charge on any atom is -0.381 e. The van der Waals surface area contributed by atoms with Gasteiger partial charge in [-0.1, -0.05) is 13.8 Å². The molecule has 0 spiro atoms. The molecule has 0 atom stereocenters. The van der Waals surface area contributed by atoms with E-state index in [2.05, 4.69) is 13.8 Å². The SMILES string of the molecule is CC(C)C1CCC(C(=O)CC2CCOCC2)CC1. The number of carbonyl (C=O) groups excluding carboxylic acids is 1. The predicted octanol–water partition coefficient (Wildman–Crippen LogP) is 3.83. The van der Waals surface area contributed by atoms with E-state index in [0.717, 1.165) is 57.2 Å². The van der Waals surface area contributed by atoms with Gasteiger partial charge in [0.05, 0.1) is 0 Å². The van der Waals surface area contributed by atoms with Gasteiger partial charge < -0.3 is 4.74 Å². The molecule has 0 aromatic heterocycles. The number of hydrogen-bond acceptors (Lipinski definition) is 2. The van der Waals surface area contributed by atoms with E-state index in [1.54, 1.807) is 0 Å². The molecule has 104 valence electrons. The summed E-state index contributed by atoms with van der Waals surface area (Å²) < 4.78 is 5.36. The largest absolute Gasteiger partial charge is 0.381 e. The Morgan fingerprint density at radius 1 is 1.06 bits per heavy atom. The van der Waals surface area contributed by atoms with Crippen LogP contribution in [0.2, 0.25) is 0 Å². The average Bonchev–Trinajstić information content (AvgIpc) is 2.40. The fourth-order valence-electron chi connectivity index (χ4n) is 3.51. The van der Waals surface area contributed by atoms with Gasteiger partial charge in [-0.3, -0.25) is 4.79 Å². The highest BCUT2D eigenvalue weighted by atomic mass is 16.5. The van der Waals surface area contributed by atoms with E-state index >= 15 is 0 Å². The number of hydrogen-bond donors (Lipinski definition) is 0. The second kappa shape index (κ2) is 6.70. The van der Waals surface area contributed by atoms with Crippen LogP contribution in [-0.4, -0.2) is 19.0 Å². The third-order valence-corrected chi connectivity index (χ3v) is 5.00. The summed E-state index contributed by atoms with van der Waals surface area (Å²) in [6, 6.07) is 0. The summed E-state index contributed by atoms with van der Waals surface area (Å²) in [6.07, 6.45) is 7.82. The van der Waals surface area contributed by atoms with E-state index in [1.807, 2.05) is 0 Å². The maximum atomic E-state index is 12.3. The molecule has 1 saturated carbocycles. The van der Waals surface area contributed by atoms with Gasteiger partial charge in [-0.2, -0.15) is 0 Å². The lowest BCUT2D eigenvalue weighted by molar-refractivity contribution is -0.125. The minimum absolute atomic E-state index is 0.378. The molecule has 0 amide bonds. The third-order valence-electron chi connectivity index (χ3n) is 5.00. The Balaban J connectivity index is 1.73. The highest BCUT2D eigenvalue weighted by Crippen LogP contribution is 2.35. The first-order valence-electron chi connectivity index (χ1n) is 7.77. The summed E-state index contributed by atoms with van der Waals surface area (Å²) in [6.45, 7) is 6.35. The minimum atomic E-state index is 0.378. The van der Waals surface area contributed by atoms with Crippen molar-refractivity contribution in [1.29, 1.82) is 0 Å². The zero-order valence-electron chi connectivity index (χ0n) is 12.0. The van der Waals surface area contributed by atoms with Gasteiger partial charge in [0, 0.05) is 25.6 Å². The van der Waals surface area contributed by atoms with Crippen molar-refractivity contribution < 1.29 is 9.53 Å². The van der Waals surface area contributed by atoms with E-state index in [9.17, 15) is 4.79 Å². The fourth-order valence-corrected chi connectivity index (χ4v) is 3.51. The average molecular weight is 252 g/mol. The van der Waals surface area contributed by atoms with Crippen molar-refractivity contribution in [2.75, 3.05) is 13.2 Å². The lowest BCUT2D eigenvalue weighted by Crippen LogP contribution is -2.27. The van der Waals surface area contributed by atoms with Crippen LogP contribution in [0.3, 0.4) is 0 Å². The molecule has 2 aliphatic rings. The standard InChI is InChI=1S/C16H28O2/c1-12(2)14-3-5-15(6-4-14)16(17)11-13-7-9-18-10-8-13/h12-15H,3-11H2,1-2H3. The van der Waals surface area contributed by atoms with E-state index in [4.69, 9.17) is 4.74 Å². The number of rotatable bonds is 4. The highest BCUT2D eigenvalue weighted by Gasteiger charge is 2.29. The Bertz CT molecular complexity index is 258. The molecule has 0 aromatic carbocycles. The summed E-state index contributed by atoms with van der Waals surface area (Å²) in [7, 11) is 0. The summed E-state index contributed by atoms with van der Waals surface area (Å²) >= 11 is 0. The van der Waals surface area contributed by atoms with E-state index in [-0.39, 0.29) is 0 Å². The van der Waals surface area contributed by atoms with E-state index < -0.39 is 0 Å². The maximum absolute atomic E-state index is 12.3. The summed E-state index contributed by atoms with van der Waals surface area (Å²) in [5.74, 6) is 3.18. The Morgan fingerprint density at radius 3 is 2.22 bits per heavy atom. The molecule has 0 aromatic rings. The molecule has 1 aliphatic carbocycles. The second-order valence-electron chi connectivity index (χ2n) is 6.58. The van der Waals surface area contributed by atoms with Crippen LogP contribution in [0.1, 0.15) is 58.8 Å². The molecule has 1 aliphatic heterocycles. The third kappa shape index (κ3) is 3.81. The van der Waals surface area contributed by atoms with Crippen molar-refractivity contribution in [2.24, 2.45) is 23.7 Å². The normalized spacial score (nSPS) is 30.6. The molecule has 2 nitrogen and oxygen atoms in total. The molecule has 18 heavy (non-hydrogen) atoms. The van der Waals surface area contributed by atoms with Crippen LogP contribution < -0.4 is 0 Å². The number of ether oxygens (including phenoxy) is 1. The van der Waals surface area contributed by atoms with Gasteiger partial charge in [0.1, 0.15) is 5.78 Å². The van der Waals surface area contributed by atoms with E-state index in [0.29, 0.717) is 17.6 Å². The Labute approximate surface area is 111 Å². The van der Waals surface area contributed by atoms with Gasteiger partial charge >= 0.3 is 0 Å². The monoisotopic (exact) mass is 252 g/mol. The van der Waals surface area contributed by atoms with Gasteiger partial charge in [0.25, 0.3) is 0 Å². The van der Waals surface area contributed by atoms with Crippen LogP contribution in [0.15, 0.2) is 0 Å². The molecule has 1 heterocycles. The van der Waals surface area contributed by atoms with Gasteiger partial charge in [-0.15, -0.1) is 0 Å². The molecule has 0 N–H and O–H groups in total. The van der Waals surface area contributed by atoms with Crippen LogP contribution in [0.25, 0.3) is 0 Å². The fraction of sp³-hybridized carbons (Fsp3) is 0.938. The molecule has 0 radical (unpaired) electrons. The van der Waals surface area contributed by atoms with Gasteiger partial charge in [-0.25, -0.2) is 0 Å². The molecule has 2 rings (SSSR count). The Hall–Kier alpha value is -0.370. The summed E-state index contributed by atoms with van der Waals surface area (Å²) in [5, 5.41) is 0. The predicted molar refractivity (Wildman–Crippen MR) is 73.5 cm³/mol. The van der Waals surface area contributed by atoms with Gasteiger partial charge in [0.2, 0.25) is 0 Å². The number of Topliss-reactive ketones (excluding diaryl/α,β-unsaturated/α-hetero) is 1. The zero-order chi connectivity index (χ0) is 13.0. The van der Waals surface area contributed by atoms with Crippen molar-refractivity contribution in [3.63, 3.8) is 0 Å². The van der Waals surface area contributed by atoms with Crippen LogP contribution >= 0.6 is 0 Å². The van der Waals surface area contributed by atoms with E-state index in [1.165, 1.54) is 12.8 Å². The van der Waals surface area contributed by atoms with Crippen molar-refractivity contribution in [2.45, 2.75) is 58.8 Å². The van der Waals surface area contributed by atoms with Crippen LogP contribution in [0, 0.1) is 23.7 Å². The van der Waals surface area contributed by atoms with Crippen molar-refractivity contribution in [1.82, 2.24) is 0 Å². The van der Waals surface area contributed by atoms with Gasteiger partial charge in [-0.05, 0) is 56.3 Å². The summed E-state index contributed by atoms with van der Waals surface area (Å²) in [5.41, 5.74) is 0. The summed E-state index contributed by atoms with van der Waals surface area (Å²) in [4.78, 5) is 12.3. The Morgan fingerprint density at radius 2 is 1.67 bits per heavy atom. The van der Waals surface area contributed by atoms with Gasteiger partial charge in [0.15, 0.2) is 0 Å². The zero-order valence-corrected chi connectivity index (χ0v) is 12.0. The van der Waals surface area contributed by atoms with Crippen LogP contribution in [0.4, 0.5) is 0 Å². The van der Waals surface area contributed by atoms with Crippen LogP contribution in [-0.2, 0) is 9.53 Å². The highest BCUT2D eigenvalue weighted by molar-refractivity contribution is 5.81. The number of ketones is 1. The smallest absolute Gasteiger partial charge is 0.136 e. The molecule has 2 fully saturated rings. The topological polar surface area (TPSA) is 26.3 Å². The molecule has 0 unspecified atom stereocenters. The Kier molecular flexibility index (Phi) is 5.23. The molecule has 2 heteroatoms.